The minimum absolute atomic E-state index is 0.203. The normalized spacial score (nSPS) is 15.9. The Hall–Kier alpha value is -3.09. The van der Waals surface area contributed by atoms with Gasteiger partial charge in [0, 0.05) is 18.0 Å². The summed E-state index contributed by atoms with van der Waals surface area (Å²) in [7, 11) is 0. The number of aromatic nitrogens is 1. The standard InChI is InChI=1S/C17H17N3O4/c1-3-24-17(23)15-16(22)19-12-6-10(2)14(7-13(12)18-15)20-5-4-11(8-20)9-21/h4-9,15,18H,3H2,1-2H3,(H,19,22). The predicted molar refractivity (Wildman–Crippen MR) is 88.6 cm³/mol. The lowest BCUT2D eigenvalue weighted by atomic mass is 10.1. The third kappa shape index (κ3) is 2.76. The van der Waals surface area contributed by atoms with Crippen molar-refractivity contribution in [1.29, 1.82) is 0 Å². The third-order valence-electron chi connectivity index (χ3n) is 3.81. The molecular weight excluding hydrogens is 310 g/mol. The largest absolute Gasteiger partial charge is 0.464 e. The summed E-state index contributed by atoms with van der Waals surface area (Å²) in [6.07, 6.45) is 4.27. The van der Waals surface area contributed by atoms with Crippen LogP contribution in [-0.2, 0) is 14.3 Å². The lowest BCUT2D eigenvalue weighted by molar-refractivity contribution is -0.146. The van der Waals surface area contributed by atoms with E-state index in [1.165, 1.54) is 0 Å². The van der Waals surface area contributed by atoms with Gasteiger partial charge in [-0.2, -0.15) is 0 Å². The van der Waals surface area contributed by atoms with Crippen molar-refractivity contribution in [1.82, 2.24) is 4.57 Å². The molecule has 3 rings (SSSR count). The van der Waals surface area contributed by atoms with Crippen molar-refractivity contribution in [2.45, 2.75) is 19.9 Å². The molecule has 1 atom stereocenters. The van der Waals surface area contributed by atoms with Crippen molar-refractivity contribution in [3.63, 3.8) is 0 Å². The molecule has 1 aliphatic rings. The Morgan fingerprint density at radius 3 is 2.83 bits per heavy atom. The number of nitrogens with zero attached hydrogens (tertiary/aromatic N) is 1. The van der Waals surface area contributed by atoms with E-state index >= 15 is 0 Å². The van der Waals surface area contributed by atoms with Gasteiger partial charge < -0.3 is 19.9 Å². The van der Waals surface area contributed by atoms with Crippen LogP contribution in [0.25, 0.3) is 5.69 Å². The minimum atomic E-state index is -1.08. The van der Waals surface area contributed by atoms with Crippen LogP contribution < -0.4 is 10.6 Å². The highest BCUT2D eigenvalue weighted by atomic mass is 16.5. The summed E-state index contributed by atoms with van der Waals surface area (Å²) in [6.45, 7) is 3.79. The Kier molecular flexibility index (Phi) is 4.07. The smallest absolute Gasteiger partial charge is 0.338 e. The fourth-order valence-corrected chi connectivity index (χ4v) is 2.65. The summed E-state index contributed by atoms with van der Waals surface area (Å²) in [5, 5.41) is 5.64. The number of carbonyl (C=O) groups excluding carboxylic acids is 3. The number of aldehydes is 1. The van der Waals surface area contributed by atoms with Crippen molar-refractivity contribution in [2.75, 3.05) is 17.2 Å². The summed E-state index contributed by atoms with van der Waals surface area (Å²) in [5.74, 6) is -1.07. The highest BCUT2D eigenvalue weighted by Crippen LogP contribution is 2.32. The van der Waals surface area contributed by atoms with Gasteiger partial charge in [0.25, 0.3) is 5.91 Å². The molecule has 0 spiro atoms. The zero-order valence-corrected chi connectivity index (χ0v) is 13.3. The lowest BCUT2D eigenvalue weighted by Crippen LogP contribution is -2.45. The molecule has 0 fully saturated rings. The Labute approximate surface area is 138 Å². The first-order valence-electron chi connectivity index (χ1n) is 7.55. The zero-order chi connectivity index (χ0) is 17.3. The quantitative estimate of drug-likeness (QED) is 0.508. The first-order chi connectivity index (χ1) is 11.5. The molecule has 0 saturated carbocycles. The van der Waals surface area contributed by atoms with Gasteiger partial charge in [0.15, 0.2) is 6.29 Å². The maximum absolute atomic E-state index is 12.1. The van der Waals surface area contributed by atoms with Crippen LogP contribution >= 0.6 is 0 Å². The van der Waals surface area contributed by atoms with Crippen LogP contribution in [0.15, 0.2) is 30.6 Å². The van der Waals surface area contributed by atoms with E-state index in [2.05, 4.69) is 10.6 Å². The molecule has 0 saturated heterocycles. The molecule has 24 heavy (non-hydrogen) atoms. The predicted octanol–water partition coefficient (Wildman–Crippen LogP) is 1.89. The molecule has 1 aliphatic heterocycles. The Morgan fingerprint density at radius 1 is 1.38 bits per heavy atom. The number of nitrogens with one attached hydrogen (secondary N) is 2. The number of hydrogen-bond acceptors (Lipinski definition) is 5. The second kappa shape index (κ2) is 6.19. The van der Waals surface area contributed by atoms with Gasteiger partial charge in [-0.3, -0.25) is 9.59 Å². The van der Waals surface area contributed by atoms with E-state index in [-0.39, 0.29) is 6.61 Å². The molecule has 2 N–H and O–H groups in total. The van der Waals surface area contributed by atoms with Crippen LogP contribution in [0.3, 0.4) is 0 Å². The number of ether oxygens (including phenoxy) is 1. The topological polar surface area (TPSA) is 89.4 Å². The van der Waals surface area contributed by atoms with Crippen LogP contribution in [-0.4, -0.2) is 35.4 Å². The molecule has 1 aromatic heterocycles. The first kappa shape index (κ1) is 15.8. The summed E-state index contributed by atoms with van der Waals surface area (Å²) in [6, 6.07) is 4.27. The second-order valence-corrected chi connectivity index (χ2v) is 5.47. The maximum Gasteiger partial charge on any atom is 0.338 e. The average molecular weight is 327 g/mol. The molecule has 1 aromatic carbocycles. The van der Waals surface area contributed by atoms with E-state index in [1.807, 2.05) is 23.6 Å². The maximum atomic E-state index is 12.1. The van der Waals surface area contributed by atoms with Gasteiger partial charge >= 0.3 is 5.97 Å². The van der Waals surface area contributed by atoms with E-state index in [0.717, 1.165) is 17.5 Å². The fraction of sp³-hybridized carbons (Fsp3) is 0.235. The van der Waals surface area contributed by atoms with E-state index < -0.39 is 17.9 Å². The van der Waals surface area contributed by atoms with Crippen molar-refractivity contribution in [3.8, 4) is 5.69 Å². The number of amides is 1. The Morgan fingerprint density at radius 2 is 2.17 bits per heavy atom. The van der Waals surface area contributed by atoms with E-state index in [0.29, 0.717) is 16.9 Å². The summed E-state index contributed by atoms with van der Waals surface area (Å²) >= 11 is 0. The van der Waals surface area contributed by atoms with E-state index in [4.69, 9.17) is 4.74 Å². The molecule has 2 aromatic rings. The van der Waals surface area contributed by atoms with Crippen LogP contribution in [0.4, 0.5) is 11.4 Å². The number of hydrogen-bond donors (Lipinski definition) is 2. The first-order valence-corrected chi connectivity index (χ1v) is 7.55. The molecule has 7 heteroatoms. The van der Waals surface area contributed by atoms with Gasteiger partial charge in [0.1, 0.15) is 0 Å². The van der Waals surface area contributed by atoms with Gasteiger partial charge in [-0.1, -0.05) is 0 Å². The summed E-state index contributed by atoms with van der Waals surface area (Å²) < 4.78 is 6.73. The van der Waals surface area contributed by atoms with Crippen molar-refractivity contribution >= 4 is 29.5 Å². The minimum Gasteiger partial charge on any atom is -0.464 e. The molecule has 1 unspecified atom stereocenters. The monoisotopic (exact) mass is 327 g/mol. The van der Waals surface area contributed by atoms with Gasteiger partial charge in [0.05, 0.1) is 23.7 Å². The third-order valence-corrected chi connectivity index (χ3v) is 3.81. The van der Waals surface area contributed by atoms with Crippen LogP contribution in [0.5, 0.6) is 0 Å². The molecule has 0 radical (unpaired) electrons. The number of aryl methyl sites for hydroxylation is 1. The summed E-state index contributed by atoms with van der Waals surface area (Å²) in [4.78, 5) is 34.8. The van der Waals surface area contributed by atoms with Crippen LogP contribution in [0.2, 0.25) is 0 Å². The number of carbonyl (C=O) groups is 3. The van der Waals surface area contributed by atoms with Gasteiger partial charge in [0.2, 0.25) is 6.04 Å². The van der Waals surface area contributed by atoms with E-state index in [9.17, 15) is 14.4 Å². The van der Waals surface area contributed by atoms with Crippen molar-refractivity contribution < 1.29 is 19.1 Å². The molecule has 0 aliphatic carbocycles. The molecular formula is C17H17N3O4. The SMILES string of the molecule is CCOC(=O)C1Nc2cc(-n3ccc(C=O)c3)c(C)cc2NC1=O. The van der Waals surface area contributed by atoms with Gasteiger partial charge in [-0.25, -0.2) is 4.79 Å². The fourth-order valence-electron chi connectivity index (χ4n) is 2.65. The number of fused-ring (bicyclic) bond motifs is 1. The molecule has 2 heterocycles. The number of benzene rings is 1. The summed E-state index contributed by atoms with van der Waals surface area (Å²) in [5.41, 5.74) is 3.54. The second-order valence-electron chi connectivity index (χ2n) is 5.47. The number of rotatable bonds is 4. The molecule has 1 amide bonds. The van der Waals surface area contributed by atoms with Crippen molar-refractivity contribution in [2.24, 2.45) is 0 Å². The van der Waals surface area contributed by atoms with Gasteiger partial charge in [-0.05, 0) is 37.6 Å². The Bertz CT molecular complexity index is 825. The number of esters is 1. The van der Waals surface area contributed by atoms with Gasteiger partial charge in [-0.15, -0.1) is 0 Å². The average Bonchev–Trinajstić information content (AvgIpc) is 3.02. The number of anilines is 2. The van der Waals surface area contributed by atoms with E-state index in [1.54, 1.807) is 25.4 Å². The zero-order valence-electron chi connectivity index (χ0n) is 13.3. The molecule has 124 valence electrons. The highest BCUT2D eigenvalue weighted by molar-refractivity contribution is 6.14. The van der Waals surface area contributed by atoms with Crippen molar-refractivity contribution in [3.05, 3.63) is 41.7 Å². The van der Waals surface area contributed by atoms with Crippen LogP contribution in [0.1, 0.15) is 22.8 Å². The van der Waals surface area contributed by atoms with Crippen LogP contribution in [0, 0.1) is 6.92 Å². The molecule has 7 nitrogen and oxygen atoms in total. The highest BCUT2D eigenvalue weighted by Gasteiger charge is 2.33. The molecule has 0 bridgehead atoms. The Balaban J connectivity index is 1.97. The lowest BCUT2D eigenvalue weighted by Gasteiger charge is -2.26.